The second kappa shape index (κ2) is 5.66. The summed E-state index contributed by atoms with van der Waals surface area (Å²) in [5.74, 6) is 1.52. The summed E-state index contributed by atoms with van der Waals surface area (Å²) < 4.78 is 17.7. The summed E-state index contributed by atoms with van der Waals surface area (Å²) in [6, 6.07) is 5.53. The van der Waals surface area contributed by atoms with Gasteiger partial charge in [-0.2, -0.15) is 5.10 Å². The molecule has 23 heavy (non-hydrogen) atoms. The molecule has 0 aliphatic carbocycles. The molecule has 0 saturated heterocycles. The Morgan fingerprint density at radius 1 is 1.30 bits per heavy atom. The lowest BCUT2D eigenvalue weighted by Crippen LogP contribution is -2.23. The number of carbonyl (C=O) groups excluding carboxylic acids is 1. The van der Waals surface area contributed by atoms with E-state index in [-0.39, 0.29) is 23.4 Å². The van der Waals surface area contributed by atoms with Gasteiger partial charge in [-0.1, -0.05) is 17.7 Å². The van der Waals surface area contributed by atoms with Crippen LogP contribution < -0.4 is 19.5 Å². The van der Waals surface area contributed by atoms with E-state index in [4.69, 9.17) is 25.8 Å². The quantitative estimate of drug-likeness (QED) is 0.928. The first kappa shape index (κ1) is 14.2. The van der Waals surface area contributed by atoms with Gasteiger partial charge in [-0.05, 0) is 17.7 Å². The van der Waals surface area contributed by atoms with Gasteiger partial charge in [-0.3, -0.25) is 4.79 Å². The molecule has 0 saturated carbocycles. The van der Waals surface area contributed by atoms with Gasteiger partial charge in [0, 0.05) is 19.5 Å². The molecule has 4 rings (SSSR count). The number of carbonyl (C=O) groups is 1. The third-order valence-electron chi connectivity index (χ3n) is 3.71. The molecule has 2 aliphatic rings. The van der Waals surface area contributed by atoms with Crippen molar-refractivity contribution in [3.8, 4) is 17.4 Å². The van der Waals surface area contributed by atoms with Crippen LogP contribution in [0.1, 0.15) is 22.5 Å². The first-order valence-corrected chi connectivity index (χ1v) is 7.66. The number of aryl methyl sites for hydroxylation is 1. The predicted molar refractivity (Wildman–Crippen MR) is 81.1 cm³/mol. The second-order valence-corrected chi connectivity index (χ2v) is 5.64. The van der Waals surface area contributed by atoms with E-state index in [1.54, 1.807) is 4.68 Å². The molecule has 0 fully saturated rings. The van der Waals surface area contributed by atoms with Crippen LogP contribution in [0, 0.1) is 0 Å². The minimum atomic E-state index is -0.335. The van der Waals surface area contributed by atoms with Crippen LogP contribution in [0.15, 0.2) is 18.2 Å². The Morgan fingerprint density at radius 3 is 3.04 bits per heavy atom. The number of fused-ring (bicyclic) bond motifs is 2. The molecule has 1 aromatic heterocycles. The van der Waals surface area contributed by atoms with Gasteiger partial charge in [0.15, 0.2) is 17.2 Å². The second-order valence-electron chi connectivity index (χ2n) is 5.26. The maximum atomic E-state index is 12.3. The Labute approximate surface area is 137 Å². The van der Waals surface area contributed by atoms with Crippen molar-refractivity contribution < 1.29 is 19.0 Å². The lowest BCUT2D eigenvalue weighted by Gasteiger charge is -2.14. The number of nitrogens with zero attached hydrogens (tertiary/aromatic N) is 2. The molecule has 1 amide bonds. The third kappa shape index (κ3) is 2.57. The molecule has 120 valence electrons. The molecule has 0 bridgehead atoms. The number of hydrogen-bond acceptors (Lipinski definition) is 5. The highest BCUT2D eigenvalue weighted by atomic mass is 35.5. The van der Waals surface area contributed by atoms with E-state index >= 15 is 0 Å². The van der Waals surface area contributed by atoms with Crippen LogP contribution in [0.5, 0.6) is 17.4 Å². The average molecular weight is 336 g/mol. The minimum absolute atomic E-state index is 0.185. The molecule has 2 aliphatic heterocycles. The molecule has 2 aromatic rings. The van der Waals surface area contributed by atoms with Crippen LogP contribution >= 0.6 is 11.6 Å². The Bertz CT molecular complexity index is 774. The number of rotatable bonds is 3. The topological polar surface area (TPSA) is 74.6 Å². The van der Waals surface area contributed by atoms with Gasteiger partial charge in [0.25, 0.3) is 5.91 Å². The monoisotopic (exact) mass is 335 g/mol. The summed E-state index contributed by atoms with van der Waals surface area (Å²) >= 11 is 6.19. The largest absolute Gasteiger partial charge is 0.477 e. The lowest BCUT2D eigenvalue weighted by molar-refractivity contribution is 0.0945. The van der Waals surface area contributed by atoms with Crippen molar-refractivity contribution in [3.63, 3.8) is 0 Å². The Kier molecular flexibility index (Phi) is 3.49. The predicted octanol–water partition coefficient (Wildman–Crippen LogP) is 1.98. The van der Waals surface area contributed by atoms with Crippen molar-refractivity contribution in [2.45, 2.75) is 19.5 Å². The van der Waals surface area contributed by atoms with Crippen LogP contribution in [0.25, 0.3) is 0 Å². The van der Waals surface area contributed by atoms with Crippen LogP contribution in [0.4, 0.5) is 0 Å². The van der Waals surface area contributed by atoms with Crippen molar-refractivity contribution in [2.24, 2.45) is 0 Å². The normalized spacial score (nSPS) is 15.0. The maximum Gasteiger partial charge on any atom is 0.273 e. The van der Waals surface area contributed by atoms with Crippen molar-refractivity contribution >= 4 is 17.5 Å². The molecule has 3 heterocycles. The third-order valence-corrected chi connectivity index (χ3v) is 4.05. The van der Waals surface area contributed by atoms with Crippen molar-refractivity contribution in [1.82, 2.24) is 15.1 Å². The smallest absolute Gasteiger partial charge is 0.273 e. The van der Waals surface area contributed by atoms with E-state index in [2.05, 4.69) is 10.4 Å². The highest BCUT2D eigenvalue weighted by Gasteiger charge is 2.25. The molecular formula is C15H14ClN3O4. The summed E-state index contributed by atoms with van der Waals surface area (Å²) in [6.07, 6.45) is 0.850. The number of aromatic nitrogens is 2. The molecule has 0 atom stereocenters. The van der Waals surface area contributed by atoms with E-state index in [0.29, 0.717) is 37.1 Å². The minimum Gasteiger partial charge on any atom is -0.477 e. The van der Waals surface area contributed by atoms with Crippen molar-refractivity contribution in [2.75, 3.05) is 13.4 Å². The number of benzene rings is 1. The highest BCUT2D eigenvalue weighted by molar-refractivity contribution is 6.34. The Morgan fingerprint density at radius 2 is 2.17 bits per heavy atom. The van der Waals surface area contributed by atoms with Gasteiger partial charge in [0.05, 0.1) is 6.61 Å². The van der Waals surface area contributed by atoms with Gasteiger partial charge in [-0.25, -0.2) is 4.68 Å². The number of hydrogen-bond donors (Lipinski definition) is 1. The summed E-state index contributed by atoms with van der Waals surface area (Å²) in [4.78, 5) is 12.3. The van der Waals surface area contributed by atoms with Crippen LogP contribution in [0.2, 0.25) is 5.02 Å². The van der Waals surface area contributed by atoms with Crippen LogP contribution in [-0.2, 0) is 13.1 Å². The van der Waals surface area contributed by atoms with E-state index in [1.807, 2.05) is 18.2 Å². The van der Waals surface area contributed by atoms with Gasteiger partial charge in [0.2, 0.25) is 12.7 Å². The lowest BCUT2D eigenvalue weighted by atomic mass is 10.2. The van der Waals surface area contributed by atoms with Crippen LogP contribution in [0.3, 0.4) is 0 Å². The standard InChI is InChI=1S/C15H14ClN3O4/c16-12-13(18-19-4-1-5-21-15(12)19)14(20)17-7-9-2-3-10-11(6-9)23-8-22-10/h2-3,6H,1,4-5,7-8H2,(H,17,20). The van der Waals surface area contributed by atoms with Gasteiger partial charge >= 0.3 is 0 Å². The van der Waals surface area contributed by atoms with E-state index in [0.717, 1.165) is 12.0 Å². The number of nitrogens with one attached hydrogen (secondary N) is 1. The molecule has 0 unspecified atom stereocenters. The SMILES string of the molecule is O=C(NCc1ccc2c(c1)OCO2)c1nn2c(c1Cl)OCCC2. The van der Waals surface area contributed by atoms with E-state index < -0.39 is 0 Å². The zero-order valence-corrected chi connectivity index (χ0v) is 12.9. The van der Waals surface area contributed by atoms with Crippen molar-refractivity contribution in [1.29, 1.82) is 0 Å². The molecule has 0 radical (unpaired) electrons. The van der Waals surface area contributed by atoms with Crippen molar-refractivity contribution in [3.05, 3.63) is 34.5 Å². The first-order valence-electron chi connectivity index (χ1n) is 7.28. The molecule has 8 heteroatoms. The van der Waals surface area contributed by atoms with Gasteiger partial charge in [0.1, 0.15) is 5.02 Å². The molecule has 0 spiro atoms. The molecule has 7 nitrogen and oxygen atoms in total. The van der Waals surface area contributed by atoms with E-state index in [1.165, 1.54) is 0 Å². The maximum absolute atomic E-state index is 12.3. The summed E-state index contributed by atoms with van der Waals surface area (Å²) in [6.45, 7) is 1.85. The van der Waals surface area contributed by atoms with E-state index in [9.17, 15) is 4.79 Å². The van der Waals surface area contributed by atoms with Gasteiger partial charge in [-0.15, -0.1) is 0 Å². The Balaban J connectivity index is 1.47. The molecule has 1 N–H and O–H groups in total. The van der Waals surface area contributed by atoms with Gasteiger partial charge < -0.3 is 19.5 Å². The summed E-state index contributed by atoms with van der Waals surface area (Å²) in [5.41, 5.74) is 1.09. The zero-order valence-electron chi connectivity index (χ0n) is 12.2. The highest BCUT2D eigenvalue weighted by Crippen LogP contribution is 2.33. The molecule has 1 aromatic carbocycles. The number of amides is 1. The number of halogens is 1. The summed E-state index contributed by atoms with van der Waals surface area (Å²) in [7, 11) is 0. The molecular weight excluding hydrogens is 322 g/mol. The summed E-state index contributed by atoms with van der Waals surface area (Å²) in [5, 5.41) is 7.29. The fraction of sp³-hybridized carbons (Fsp3) is 0.333. The fourth-order valence-electron chi connectivity index (χ4n) is 2.56. The first-order chi connectivity index (χ1) is 11.2. The average Bonchev–Trinajstić information content (AvgIpc) is 3.17. The Hall–Kier alpha value is -2.41. The van der Waals surface area contributed by atoms with Crippen LogP contribution in [-0.4, -0.2) is 29.1 Å². The number of ether oxygens (including phenoxy) is 3. The fourth-order valence-corrected chi connectivity index (χ4v) is 2.83. The zero-order chi connectivity index (χ0) is 15.8.